The zero-order chi connectivity index (χ0) is 30.8. The Hall–Kier alpha value is -4.33. The number of fused-ring (bicyclic) bond motifs is 2. The van der Waals surface area contributed by atoms with Gasteiger partial charge < -0.3 is 24.4 Å². The van der Waals surface area contributed by atoms with Crippen LogP contribution in [0.15, 0.2) is 72.4 Å². The van der Waals surface area contributed by atoms with Crippen LogP contribution in [0, 0.1) is 16.7 Å². The van der Waals surface area contributed by atoms with Gasteiger partial charge in [0.1, 0.15) is 5.41 Å². The van der Waals surface area contributed by atoms with Crippen molar-refractivity contribution < 1.29 is 28.6 Å². The van der Waals surface area contributed by atoms with Gasteiger partial charge in [0.25, 0.3) is 0 Å². The molecule has 1 aliphatic carbocycles. The largest absolute Gasteiger partial charge is 0.493 e. The number of hydrogen-bond acceptors (Lipinski definition) is 6. The van der Waals surface area contributed by atoms with Crippen molar-refractivity contribution in [2.24, 2.45) is 16.7 Å². The van der Waals surface area contributed by atoms with Gasteiger partial charge in [0.2, 0.25) is 11.8 Å². The van der Waals surface area contributed by atoms with Gasteiger partial charge in [-0.05, 0) is 58.7 Å². The average molecular weight is 585 g/mol. The Morgan fingerprint density at radius 3 is 2.47 bits per heavy atom. The third-order valence-corrected chi connectivity index (χ3v) is 8.77. The van der Waals surface area contributed by atoms with E-state index in [2.05, 4.69) is 19.2 Å². The van der Waals surface area contributed by atoms with E-state index in [4.69, 9.17) is 14.2 Å². The number of amides is 2. The number of nitrogens with zero attached hydrogens (tertiary/aromatic N) is 1. The summed E-state index contributed by atoms with van der Waals surface area (Å²) < 4.78 is 16.1. The maximum Gasteiger partial charge on any atom is 0.317 e. The highest BCUT2D eigenvalue weighted by atomic mass is 16.5. The van der Waals surface area contributed by atoms with Crippen molar-refractivity contribution in [1.82, 2.24) is 10.2 Å². The normalized spacial score (nSPS) is 21.0. The van der Waals surface area contributed by atoms with Gasteiger partial charge in [0.15, 0.2) is 11.5 Å². The van der Waals surface area contributed by atoms with E-state index in [-0.39, 0.29) is 42.6 Å². The van der Waals surface area contributed by atoms with E-state index in [1.54, 1.807) is 25.2 Å². The van der Waals surface area contributed by atoms with Crippen LogP contribution in [0.1, 0.15) is 50.7 Å². The third-order valence-electron chi connectivity index (χ3n) is 8.77. The first kappa shape index (κ1) is 30.1. The smallest absolute Gasteiger partial charge is 0.317 e. The SMILES string of the molecule is COC(=O)[C@@]12C[C@@H](CC(=O)NCc3ccc(OC)c(OC)c3)C(=O)N(Cc3cccc4ccccc34)C1=CCC(C)(C)C2. The molecule has 1 N–H and O–H groups in total. The van der Waals surface area contributed by atoms with Crippen molar-refractivity contribution in [3.63, 3.8) is 0 Å². The molecule has 0 unspecified atom stereocenters. The Morgan fingerprint density at radius 1 is 0.977 bits per heavy atom. The third kappa shape index (κ3) is 5.96. The Balaban J connectivity index is 1.45. The Bertz CT molecular complexity index is 1570. The highest BCUT2D eigenvalue weighted by Gasteiger charge is 2.57. The topological polar surface area (TPSA) is 94.2 Å². The predicted molar refractivity (Wildman–Crippen MR) is 164 cm³/mol. The molecule has 5 rings (SSSR count). The second-order valence-electron chi connectivity index (χ2n) is 12.3. The van der Waals surface area contributed by atoms with E-state index in [9.17, 15) is 14.4 Å². The van der Waals surface area contributed by atoms with Crippen LogP contribution in [0.2, 0.25) is 0 Å². The number of allylic oxidation sites excluding steroid dienone is 1. The molecule has 3 aromatic carbocycles. The molecular weight excluding hydrogens is 544 g/mol. The highest BCUT2D eigenvalue weighted by Crippen LogP contribution is 2.55. The molecule has 0 aromatic heterocycles. The van der Waals surface area contributed by atoms with Crippen molar-refractivity contribution in [3.05, 3.63) is 83.6 Å². The molecule has 0 bridgehead atoms. The summed E-state index contributed by atoms with van der Waals surface area (Å²) >= 11 is 0. The van der Waals surface area contributed by atoms with Crippen molar-refractivity contribution in [2.45, 2.75) is 52.6 Å². The van der Waals surface area contributed by atoms with Crippen LogP contribution in [-0.2, 0) is 32.2 Å². The lowest BCUT2D eigenvalue weighted by atomic mass is 9.59. The van der Waals surface area contributed by atoms with E-state index in [0.717, 1.165) is 28.3 Å². The summed E-state index contributed by atoms with van der Waals surface area (Å²) in [4.78, 5) is 42.9. The van der Waals surface area contributed by atoms with Crippen LogP contribution >= 0.6 is 0 Å². The maximum absolute atomic E-state index is 14.2. The molecule has 1 saturated heterocycles. The molecule has 3 aromatic rings. The average Bonchev–Trinajstić information content (AvgIpc) is 3.01. The van der Waals surface area contributed by atoms with Crippen molar-refractivity contribution in [1.29, 1.82) is 0 Å². The summed E-state index contributed by atoms with van der Waals surface area (Å²) in [7, 11) is 4.52. The van der Waals surface area contributed by atoms with E-state index in [1.807, 2.05) is 60.7 Å². The quantitative estimate of drug-likeness (QED) is 0.321. The van der Waals surface area contributed by atoms with Crippen LogP contribution in [0.3, 0.4) is 0 Å². The number of rotatable bonds is 9. The molecule has 0 radical (unpaired) electrons. The molecule has 1 heterocycles. The molecule has 0 spiro atoms. The second-order valence-corrected chi connectivity index (χ2v) is 12.3. The number of esters is 1. The van der Waals surface area contributed by atoms with E-state index in [0.29, 0.717) is 30.2 Å². The molecule has 1 fully saturated rings. The van der Waals surface area contributed by atoms with E-state index >= 15 is 0 Å². The minimum atomic E-state index is -1.02. The van der Waals surface area contributed by atoms with Crippen molar-refractivity contribution in [3.8, 4) is 11.5 Å². The van der Waals surface area contributed by atoms with Gasteiger partial charge in [0, 0.05) is 24.6 Å². The molecule has 226 valence electrons. The van der Waals surface area contributed by atoms with Crippen LogP contribution in [0.4, 0.5) is 0 Å². The summed E-state index contributed by atoms with van der Waals surface area (Å²) in [5, 5.41) is 5.08. The van der Waals surface area contributed by atoms with Gasteiger partial charge in [-0.15, -0.1) is 0 Å². The lowest BCUT2D eigenvalue weighted by Crippen LogP contribution is -2.55. The number of carbonyl (C=O) groups excluding carboxylic acids is 3. The number of ether oxygens (including phenoxy) is 3. The maximum atomic E-state index is 14.2. The molecule has 0 saturated carbocycles. The summed E-state index contributed by atoms with van der Waals surface area (Å²) in [5.41, 5.74) is 1.31. The minimum absolute atomic E-state index is 0.0371. The van der Waals surface area contributed by atoms with E-state index in [1.165, 1.54) is 7.11 Å². The predicted octanol–water partition coefficient (Wildman–Crippen LogP) is 5.78. The standard InChI is InChI=1S/C35H40N2O6/c1-34(2)16-15-30-35(22-34,33(40)43-5)19-26(18-31(38)36-20-23-13-14-28(41-3)29(17-23)42-4)32(39)37(30)21-25-11-8-10-24-9-6-7-12-27(24)25/h6-15,17,26H,16,18-22H2,1-5H3,(H,36,38)/t26-,35-/m1/s1. The number of piperidine rings is 1. The van der Waals surface area contributed by atoms with Gasteiger partial charge in [-0.2, -0.15) is 0 Å². The van der Waals surface area contributed by atoms with Crippen molar-refractivity contribution >= 4 is 28.6 Å². The summed E-state index contributed by atoms with van der Waals surface area (Å²) in [6.45, 7) is 4.82. The Morgan fingerprint density at radius 2 is 1.72 bits per heavy atom. The van der Waals surface area contributed by atoms with Gasteiger partial charge in [0.05, 0.1) is 27.9 Å². The first-order valence-corrected chi connectivity index (χ1v) is 14.7. The molecule has 43 heavy (non-hydrogen) atoms. The molecular formula is C35H40N2O6. The first-order valence-electron chi connectivity index (χ1n) is 14.7. The summed E-state index contributed by atoms with van der Waals surface area (Å²) in [6.07, 6.45) is 3.49. The Kier molecular flexibility index (Phi) is 8.49. The summed E-state index contributed by atoms with van der Waals surface area (Å²) in [5.74, 6) is -0.298. The molecule has 8 heteroatoms. The van der Waals surface area contributed by atoms with Gasteiger partial charge >= 0.3 is 5.97 Å². The molecule has 2 aliphatic rings. The summed E-state index contributed by atoms with van der Waals surface area (Å²) in [6, 6.07) is 19.6. The lowest BCUT2D eigenvalue weighted by molar-refractivity contribution is -0.162. The first-order chi connectivity index (χ1) is 20.6. The van der Waals surface area contributed by atoms with Crippen molar-refractivity contribution in [2.75, 3.05) is 21.3 Å². The number of benzene rings is 3. The fraction of sp³-hybridized carbons (Fsp3) is 0.400. The fourth-order valence-electron chi connectivity index (χ4n) is 6.81. The van der Waals surface area contributed by atoms with Crippen LogP contribution in [0.25, 0.3) is 10.8 Å². The highest BCUT2D eigenvalue weighted by molar-refractivity contribution is 5.93. The molecule has 8 nitrogen and oxygen atoms in total. The number of nitrogens with one attached hydrogen (secondary N) is 1. The van der Waals surface area contributed by atoms with Crippen LogP contribution < -0.4 is 14.8 Å². The molecule has 2 atom stereocenters. The number of methoxy groups -OCH3 is 3. The minimum Gasteiger partial charge on any atom is -0.493 e. The lowest BCUT2D eigenvalue weighted by Gasteiger charge is -2.51. The zero-order valence-corrected chi connectivity index (χ0v) is 25.6. The number of carbonyl (C=O) groups is 3. The number of hydrogen-bond donors (Lipinski definition) is 1. The van der Waals surface area contributed by atoms with Gasteiger partial charge in [-0.25, -0.2) is 0 Å². The van der Waals surface area contributed by atoms with Gasteiger partial charge in [-0.3, -0.25) is 14.4 Å². The second kappa shape index (κ2) is 12.1. The van der Waals surface area contributed by atoms with Gasteiger partial charge in [-0.1, -0.05) is 68.5 Å². The molecule has 1 aliphatic heterocycles. The van der Waals surface area contributed by atoms with Crippen LogP contribution in [-0.4, -0.2) is 44.0 Å². The zero-order valence-electron chi connectivity index (χ0n) is 25.6. The fourth-order valence-corrected chi connectivity index (χ4v) is 6.81. The van der Waals surface area contributed by atoms with Crippen LogP contribution in [0.5, 0.6) is 11.5 Å². The Labute approximate surface area is 253 Å². The monoisotopic (exact) mass is 584 g/mol. The van der Waals surface area contributed by atoms with E-state index < -0.39 is 11.3 Å². The number of likely N-dealkylation sites (tertiary alicyclic amines) is 1. The molecule has 2 amide bonds.